The maximum atomic E-state index is 12.4. The first-order chi connectivity index (χ1) is 9.04. The molecular weight excluding hydrogens is 248 g/mol. The number of carbonyl (C=O) groups is 1. The second-order valence-corrected chi connectivity index (χ2v) is 4.62. The molecular formula is C12H16N4O3. The van der Waals surface area contributed by atoms with E-state index >= 15 is 0 Å². The summed E-state index contributed by atoms with van der Waals surface area (Å²) in [7, 11) is 0. The zero-order chi connectivity index (χ0) is 14.0. The predicted octanol–water partition coefficient (Wildman–Crippen LogP) is 1.50. The highest BCUT2D eigenvalue weighted by Crippen LogP contribution is 2.27. The summed E-state index contributed by atoms with van der Waals surface area (Å²) in [5.74, 6) is 4.97. The molecule has 7 nitrogen and oxygen atoms in total. The molecule has 1 saturated heterocycles. The van der Waals surface area contributed by atoms with Crippen LogP contribution >= 0.6 is 0 Å². The number of nitro groups is 1. The quantitative estimate of drug-likeness (QED) is 0.489. The maximum Gasteiger partial charge on any atom is 0.282 e. The number of anilines is 1. The van der Waals surface area contributed by atoms with Crippen molar-refractivity contribution in [2.45, 2.75) is 25.8 Å². The molecule has 0 aliphatic carbocycles. The van der Waals surface area contributed by atoms with Gasteiger partial charge in [-0.2, -0.15) is 0 Å². The molecule has 1 unspecified atom stereocenters. The third-order valence-electron chi connectivity index (χ3n) is 3.40. The van der Waals surface area contributed by atoms with Crippen molar-refractivity contribution in [3.8, 4) is 0 Å². The number of rotatable bonds is 3. The molecule has 1 atom stereocenters. The molecule has 0 spiro atoms. The van der Waals surface area contributed by atoms with Gasteiger partial charge in [0.25, 0.3) is 11.6 Å². The molecule has 1 aromatic rings. The molecule has 1 aromatic carbocycles. The average molecular weight is 264 g/mol. The van der Waals surface area contributed by atoms with Crippen LogP contribution < -0.4 is 11.3 Å². The number of carbonyl (C=O) groups excluding carboxylic acids is 1. The summed E-state index contributed by atoms with van der Waals surface area (Å²) in [6, 6.07) is 4.30. The molecule has 1 amide bonds. The Hall–Kier alpha value is -2.15. The largest absolute Gasteiger partial charge is 0.336 e. The van der Waals surface area contributed by atoms with Gasteiger partial charge in [0.2, 0.25) is 0 Å². The summed E-state index contributed by atoms with van der Waals surface area (Å²) < 4.78 is 0. The molecule has 7 heteroatoms. The molecule has 1 fully saturated rings. The molecule has 0 bridgehead atoms. The van der Waals surface area contributed by atoms with Crippen LogP contribution in [0.3, 0.4) is 0 Å². The van der Waals surface area contributed by atoms with Crippen LogP contribution in [0, 0.1) is 10.1 Å². The Balaban J connectivity index is 2.41. The van der Waals surface area contributed by atoms with E-state index in [1.165, 1.54) is 18.2 Å². The number of nitro benzene ring substituents is 1. The lowest BCUT2D eigenvalue weighted by atomic mass is 10.1. The number of amides is 1. The van der Waals surface area contributed by atoms with Gasteiger partial charge in [-0.05, 0) is 31.9 Å². The van der Waals surface area contributed by atoms with Gasteiger partial charge in [-0.25, -0.2) is 0 Å². The van der Waals surface area contributed by atoms with Gasteiger partial charge in [0.15, 0.2) is 0 Å². The minimum atomic E-state index is -0.547. The highest BCUT2D eigenvalue weighted by Gasteiger charge is 2.30. The molecule has 102 valence electrons. The first-order valence-electron chi connectivity index (χ1n) is 6.10. The minimum absolute atomic E-state index is 0.0780. The Bertz CT molecular complexity index is 518. The maximum absolute atomic E-state index is 12.4. The third-order valence-corrected chi connectivity index (χ3v) is 3.40. The van der Waals surface area contributed by atoms with Crippen LogP contribution in [-0.2, 0) is 0 Å². The lowest BCUT2D eigenvalue weighted by Gasteiger charge is -2.21. The number of benzene rings is 1. The molecule has 1 aliphatic rings. The highest BCUT2D eigenvalue weighted by atomic mass is 16.6. The smallest absolute Gasteiger partial charge is 0.282 e. The molecule has 2 rings (SSSR count). The van der Waals surface area contributed by atoms with Crippen LogP contribution in [0.1, 0.15) is 30.1 Å². The van der Waals surface area contributed by atoms with Crippen LogP contribution in [0.2, 0.25) is 0 Å². The van der Waals surface area contributed by atoms with Gasteiger partial charge < -0.3 is 10.3 Å². The zero-order valence-corrected chi connectivity index (χ0v) is 10.6. The fraction of sp³-hybridized carbons (Fsp3) is 0.417. The Kier molecular flexibility index (Phi) is 3.66. The molecule has 0 radical (unpaired) electrons. The standard InChI is InChI=1S/C12H16N4O3/c1-8-3-2-6-15(8)12(17)10-7-9(14-13)4-5-11(10)16(18)19/h4-5,7-8,14H,2-3,6,13H2,1H3. The van der Waals surface area contributed by atoms with E-state index in [-0.39, 0.29) is 23.2 Å². The van der Waals surface area contributed by atoms with Crippen LogP contribution in [0.4, 0.5) is 11.4 Å². The predicted molar refractivity (Wildman–Crippen MR) is 70.6 cm³/mol. The van der Waals surface area contributed by atoms with Crippen molar-refractivity contribution in [3.05, 3.63) is 33.9 Å². The number of hydrogen-bond acceptors (Lipinski definition) is 5. The van der Waals surface area contributed by atoms with Crippen molar-refractivity contribution in [1.82, 2.24) is 4.90 Å². The first kappa shape index (κ1) is 13.3. The van der Waals surface area contributed by atoms with E-state index in [2.05, 4.69) is 5.43 Å². The lowest BCUT2D eigenvalue weighted by molar-refractivity contribution is -0.385. The summed E-state index contributed by atoms with van der Waals surface area (Å²) in [6.07, 6.45) is 1.85. The number of hydrogen-bond donors (Lipinski definition) is 2. The van der Waals surface area contributed by atoms with E-state index in [0.29, 0.717) is 12.2 Å². The fourth-order valence-electron chi connectivity index (χ4n) is 2.35. The number of nitrogens with one attached hydrogen (secondary N) is 1. The van der Waals surface area contributed by atoms with E-state index < -0.39 is 4.92 Å². The number of nitrogen functional groups attached to an aromatic ring is 1. The first-order valence-corrected chi connectivity index (χ1v) is 6.10. The Morgan fingerprint density at radius 1 is 1.58 bits per heavy atom. The van der Waals surface area contributed by atoms with Crippen molar-refractivity contribution >= 4 is 17.3 Å². The Morgan fingerprint density at radius 3 is 2.84 bits per heavy atom. The van der Waals surface area contributed by atoms with Crippen molar-refractivity contribution in [1.29, 1.82) is 0 Å². The van der Waals surface area contributed by atoms with Gasteiger partial charge in [-0.1, -0.05) is 0 Å². The summed E-state index contributed by atoms with van der Waals surface area (Å²) >= 11 is 0. The minimum Gasteiger partial charge on any atom is -0.336 e. The molecule has 1 aliphatic heterocycles. The number of hydrazine groups is 1. The van der Waals surface area contributed by atoms with E-state index in [1.54, 1.807) is 4.90 Å². The van der Waals surface area contributed by atoms with E-state index in [4.69, 9.17) is 5.84 Å². The second kappa shape index (κ2) is 5.23. The topological polar surface area (TPSA) is 102 Å². The van der Waals surface area contributed by atoms with Gasteiger partial charge in [-0.15, -0.1) is 0 Å². The van der Waals surface area contributed by atoms with Crippen LogP contribution in [0.5, 0.6) is 0 Å². The van der Waals surface area contributed by atoms with Crippen LogP contribution in [0.15, 0.2) is 18.2 Å². The Morgan fingerprint density at radius 2 is 2.32 bits per heavy atom. The highest BCUT2D eigenvalue weighted by molar-refractivity contribution is 5.99. The fourth-order valence-corrected chi connectivity index (χ4v) is 2.35. The number of nitrogens with zero attached hydrogens (tertiary/aromatic N) is 2. The number of nitrogens with two attached hydrogens (primary N) is 1. The Labute approximate surface area is 110 Å². The molecule has 1 heterocycles. The van der Waals surface area contributed by atoms with Crippen molar-refractivity contribution in [2.75, 3.05) is 12.0 Å². The molecule has 0 saturated carbocycles. The summed E-state index contributed by atoms with van der Waals surface area (Å²) in [5, 5.41) is 11.0. The SMILES string of the molecule is CC1CCCN1C(=O)c1cc(NN)ccc1[N+](=O)[O-]. The summed E-state index contributed by atoms with van der Waals surface area (Å²) in [6.45, 7) is 2.58. The van der Waals surface area contributed by atoms with Gasteiger partial charge in [0.1, 0.15) is 5.56 Å². The summed E-state index contributed by atoms with van der Waals surface area (Å²) in [4.78, 5) is 24.5. The normalized spacial score (nSPS) is 18.4. The van der Waals surface area contributed by atoms with E-state index in [1.807, 2.05) is 6.92 Å². The van der Waals surface area contributed by atoms with Crippen molar-refractivity contribution in [3.63, 3.8) is 0 Å². The van der Waals surface area contributed by atoms with Crippen LogP contribution in [-0.4, -0.2) is 28.3 Å². The lowest BCUT2D eigenvalue weighted by Crippen LogP contribution is -2.34. The summed E-state index contributed by atoms with van der Waals surface area (Å²) in [5.41, 5.74) is 2.76. The number of likely N-dealkylation sites (tertiary alicyclic amines) is 1. The molecule has 19 heavy (non-hydrogen) atoms. The average Bonchev–Trinajstić information content (AvgIpc) is 2.83. The van der Waals surface area contributed by atoms with Gasteiger partial charge in [0, 0.05) is 24.3 Å². The monoisotopic (exact) mass is 264 g/mol. The zero-order valence-electron chi connectivity index (χ0n) is 10.6. The molecule has 0 aromatic heterocycles. The molecule has 3 N–H and O–H groups in total. The van der Waals surface area contributed by atoms with E-state index in [0.717, 1.165) is 12.8 Å². The van der Waals surface area contributed by atoms with Gasteiger partial charge in [-0.3, -0.25) is 20.8 Å². The third kappa shape index (κ3) is 2.50. The van der Waals surface area contributed by atoms with Crippen molar-refractivity contribution in [2.24, 2.45) is 5.84 Å². The van der Waals surface area contributed by atoms with E-state index in [9.17, 15) is 14.9 Å². The van der Waals surface area contributed by atoms with Gasteiger partial charge >= 0.3 is 0 Å². The van der Waals surface area contributed by atoms with Crippen LogP contribution in [0.25, 0.3) is 0 Å². The second-order valence-electron chi connectivity index (χ2n) is 4.62. The van der Waals surface area contributed by atoms with Crippen molar-refractivity contribution < 1.29 is 9.72 Å². The van der Waals surface area contributed by atoms with Gasteiger partial charge in [0.05, 0.1) is 4.92 Å².